The summed E-state index contributed by atoms with van der Waals surface area (Å²) in [4.78, 5) is 34.4. The van der Waals surface area contributed by atoms with Crippen molar-refractivity contribution in [2.45, 2.75) is 44.2 Å². The van der Waals surface area contributed by atoms with Crippen LogP contribution in [-0.4, -0.2) is 53.9 Å². The minimum Gasteiger partial charge on any atom is -0.492 e. The van der Waals surface area contributed by atoms with Crippen LogP contribution < -0.4 is 15.8 Å². The summed E-state index contributed by atoms with van der Waals surface area (Å²) in [5, 5.41) is 2.67. The second-order valence-corrected chi connectivity index (χ2v) is 8.98. The number of nitrogen functional groups attached to an aromatic ring is 1. The normalized spacial score (nSPS) is 17.4. The Kier molecular flexibility index (Phi) is 6.11. The van der Waals surface area contributed by atoms with Gasteiger partial charge in [0.1, 0.15) is 28.5 Å². The highest BCUT2D eigenvalue weighted by molar-refractivity contribution is 6.08. The highest BCUT2D eigenvalue weighted by atomic mass is 19.4. The van der Waals surface area contributed by atoms with Gasteiger partial charge in [0.05, 0.1) is 29.8 Å². The van der Waals surface area contributed by atoms with Gasteiger partial charge >= 0.3 is 12.1 Å². The number of ether oxygens (including phenoxy) is 1. The molecule has 3 N–H and O–H groups in total. The lowest BCUT2D eigenvalue weighted by Gasteiger charge is -2.22. The van der Waals surface area contributed by atoms with E-state index in [4.69, 9.17) is 10.5 Å². The summed E-state index contributed by atoms with van der Waals surface area (Å²) in [6.45, 7) is 3.88. The summed E-state index contributed by atoms with van der Waals surface area (Å²) in [7, 11) is 0. The van der Waals surface area contributed by atoms with Gasteiger partial charge < -0.3 is 20.2 Å². The van der Waals surface area contributed by atoms with Crippen molar-refractivity contribution < 1.29 is 31.5 Å². The van der Waals surface area contributed by atoms with E-state index < -0.39 is 36.3 Å². The zero-order valence-electron chi connectivity index (χ0n) is 20.6. The fourth-order valence-electron chi connectivity index (χ4n) is 4.38. The SMILES string of the molecule is CCOc1ccc(C2(C)C(=O)Nc3nc(-c4cn5ccnc5c(CCC(F)(F)C(F)(F)F)n4)nc(N)c32)nc1. The van der Waals surface area contributed by atoms with Gasteiger partial charge in [-0.3, -0.25) is 9.78 Å². The number of rotatable bonds is 7. The first-order chi connectivity index (χ1) is 18.3. The molecule has 1 unspecified atom stereocenters. The Morgan fingerprint density at radius 3 is 2.56 bits per heavy atom. The molecule has 10 nitrogen and oxygen atoms in total. The lowest BCUT2D eigenvalue weighted by Crippen LogP contribution is -2.36. The number of carbonyl (C=O) groups excluding carboxylic acids is 1. The molecule has 0 radical (unpaired) electrons. The van der Waals surface area contributed by atoms with Crippen molar-refractivity contribution in [3.63, 3.8) is 0 Å². The summed E-state index contributed by atoms with van der Waals surface area (Å²) in [5.74, 6) is -4.89. The van der Waals surface area contributed by atoms with Gasteiger partial charge in [0, 0.05) is 25.0 Å². The summed E-state index contributed by atoms with van der Waals surface area (Å²) >= 11 is 0. The van der Waals surface area contributed by atoms with Gasteiger partial charge in [0.25, 0.3) is 0 Å². The molecule has 0 saturated carbocycles. The van der Waals surface area contributed by atoms with Crippen LogP contribution >= 0.6 is 0 Å². The van der Waals surface area contributed by atoms with Gasteiger partial charge in [0.15, 0.2) is 11.5 Å². The zero-order chi connectivity index (χ0) is 28.2. The first kappa shape index (κ1) is 26.2. The van der Waals surface area contributed by atoms with Crippen LogP contribution in [0.15, 0.2) is 36.9 Å². The summed E-state index contributed by atoms with van der Waals surface area (Å²) < 4.78 is 72.1. The number of carbonyl (C=O) groups is 1. The van der Waals surface area contributed by atoms with Gasteiger partial charge in [-0.15, -0.1) is 0 Å². The molecular formula is C24H21F5N8O2. The largest absolute Gasteiger partial charge is 0.492 e. The van der Waals surface area contributed by atoms with Gasteiger partial charge in [0.2, 0.25) is 5.91 Å². The van der Waals surface area contributed by atoms with Crippen LogP contribution in [-0.2, 0) is 16.6 Å². The van der Waals surface area contributed by atoms with Crippen LogP contribution in [0.25, 0.3) is 17.2 Å². The molecule has 5 rings (SSSR count). The average molecular weight is 548 g/mol. The number of alkyl halides is 5. The van der Waals surface area contributed by atoms with Gasteiger partial charge in [-0.2, -0.15) is 22.0 Å². The standard InChI is InChI=1S/C24H21F5N8O2/c1-3-39-12-4-5-15(32-10-12)22(2)16-17(30)34-18(35-19(16)36-21(22)38)14-11-37-9-8-31-20(37)13(33-14)6-7-23(25,26)24(27,28)29/h4-5,8-11H,3,6-7H2,1-2H3,(H3,30,34,35,36,38). The molecule has 0 aliphatic carbocycles. The van der Waals surface area contributed by atoms with Crippen molar-refractivity contribution in [1.29, 1.82) is 0 Å². The number of nitrogens with one attached hydrogen (secondary N) is 1. The minimum absolute atomic E-state index is 0.0300. The molecule has 1 amide bonds. The van der Waals surface area contributed by atoms with E-state index in [-0.39, 0.29) is 40.1 Å². The number of halogens is 5. The van der Waals surface area contributed by atoms with E-state index in [0.29, 0.717) is 18.1 Å². The van der Waals surface area contributed by atoms with Crippen LogP contribution in [0.3, 0.4) is 0 Å². The van der Waals surface area contributed by atoms with Crippen LogP contribution in [0.4, 0.5) is 33.6 Å². The Hall–Kier alpha value is -4.43. The van der Waals surface area contributed by atoms with E-state index in [1.54, 1.807) is 19.1 Å². The van der Waals surface area contributed by atoms with Crippen molar-refractivity contribution in [1.82, 2.24) is 29.3 Å². The fourth-order valence-corrected chi connectivity index (χ4v) is 4.38. The third kappa shape index (κ3) is 4.36. The molecule has 1 aliphatic heterocycles. The molecule has 0 bridgehead atoms. The van der Waals surface area contributed by atoms with Gasteiger partial charge in [-0.1, -0.05) is 0 Å². The predicted molar refractivity (Wildman–Crippen MR) is 128 cm³/mol. The lowest BCUT2D eigenvalue weighted by atomic mass is 9.81. The van der Waals surface area contributed by atoms with Crippen LogP contribution in [0.2, 0.25) is 0 Å². The molecule has 4 aromatic rings. The number of nitrogens with two attached hydrogens (primary N) is 1. The second kappa shape index (κ2) is 9.10. The number of anilines is 2. The molecule has 204 valence electrons. The van der Waals surface area contributed by atoms with Crippen molar-refractivity contribution in [3.05, 3.63) is 53.9 Å². The Morgan fingerprint density at radius 1 is 1.13 bits per heavy atom. The molecule has 0 saturated heterocycles. The van der Waals surface area contributed by atoms with Crippen LogP contribution in [0.5, 0.6) is 5.75 Å². The quantitative estimate of drug-likeness (QED) is 0.332. The molecule has 39 heavy (non-hydrogen) atoms. The van der Waals surface area contributed by atoms with E-state index in [1.165, 1.54) is 29.2 Å². The summed E-state index contributed by atoms with van der Waals surface area (Å²) in [6, 6.07) is 3.30. The predicted octanol–water partition coefficient (Wildman–Crippen LogP) is 3.95. The van der Waals surface area contributed by atoms with Crippen molar-refractivity contribution >= 4 is 23.2 Å². The summed E-state index contributed by atoms with van der Waals surface area (Å²) in [6.07, 6.45) is -2.21. The smallest absolute Gasteiger partial charge is 0.453 e. The van der Waals surface area contributed by atoms with Crippen molar-refractivity contribution in [2.24, 2.45) is 0 Å². The van der Waals surface area contributed by atoms with E-state index in [1.807, 2.05) is 6.92 Å². The fraction of sp³-hybridized carbons (Fsp3) is 0.333. The average Bonchev–Trinajstić information content (AvgIpc) is 3.45. The van der Waals surface area contributed by atoms with E-state index in [9.17, 15) is 26.7 Å². The lowest BCUT2D eigenvalue weighted by molar-refractivity contribution is -0.284. The van der Waals surface area contributed by atoms with Gasteiger partial charge in [-0.25, -0.2) is 19.9 Å². The van der Waals surface area contributed by atoms with E-state index >= 15 is 0 Å². The zero-order valence-corrected chi connectivity index (χ0v) is 20.6. The maximum absolute atomic E-state index is 13.6. The Labute approximate surface area is 217 Å². The van der Waals surface area contributed by atoms with Crippen LogP contribution in [0.1, 0.15) is 37.2 Å². The maximum Gasteiger partial charge on any atom is 0.453 e. The monoisotopic (exact) mass is 548 g/mol. The number of amides is 1. The first-order valence-electron chi connectivity index (χ1n) is 11.7. The van der Waals surface area contributed by atoms with Crippen molar-refractivity contribution in [2.75, 3.05) is 17.7 Å². The molecule has 5 heterocycles. The topological polar surface area (TPSA) is 133 Å². The van der Waals surface area contributed by atoms with Gasteiger partial charge in [-0.05, 0) is 32.4 Å². The Balaban J connectivity index is 1.54. The molecule has 0 aromatic carbocycles. The Bertz CT molecular complexity index is 1570. The van der Waals surface area contributed by atoms with E-state index in [2.05, 4.69) is 30.2 Å². The number of nitrogens with zero attached hydrogens (tertiary/aromatic N) is 6. The van der Waals surface area contributed by atoms with Crippen molar-refractivity contribution in [3.8, 4) is 17.3 Å². The third-order valence-electron chi connectivity index (χ3n) is 6.45. The molecule has 15 heteroatoms. The number of hydrogen-bond donors (Lipinski definition) is 2. The number of imidazole rings is 1. The van der Waals surface area contributed by atoms with Crippen LogP contribution in [0, 0.1) is 0 Å². The van der Waals surface area contributed by atoms with E-state index in [0.717, 1.165) is 0 Å². The number of pyridine rings is 1. The Morgan fingerprint density at radius 2 is 1.90 bits per heavy atom. The molecule has 1 atom stereocenters. The highest BCUT2D eigenvalue weighted by Gasteiger charge is 2.56. The molecule has 0 spiro atoms. The highest BCUT2D eigenvalue weighted by Crippen LogP contribution is 2.44. The molecule has 1 aliphatic rings. The third-order valence-corrected chi connectivity index (χ3v) is 6.45. The number of aryl methyl sites for hydroxylation is 1. The second-order valence-electron chi connectivity index (χ2n) is 8.98. The summed E-state index contributed by atoms with van der Waals surface area (Å²) in [5.41, 5.74) is 5.63. The number of hydrogen-bond acceptors (Lipinski definition) is 8. The number of aromatic nitrogens is 6. The molecular weight excluding hydrogens is 527 g/mol. The molecule has 4 aromatic heterocycles. The number of fused-ring (bicyclic) bond motifs is 2. The first-order valence-corrected chi connectivity index (χ1v) is 11.7. The maximum atomic E-state index is 13.6. The minimum atomic E-state index is -5.70. The molecule has 0 fully saturated rings.